The second-order valence-electron chi connectivity index (χ2n) is 4.77. The molecule has 0 unspecified atom stereocenters. The van der Waals surface area contributed by atoms with Gasteiger partial charge in [-0.1, -0.05) is 37.3 Å². The van der Waals surface area contributed by atoms with Crippen molar-refractivity contribution in [3.8, 4) is 0 Å². The van der Waals surface area contributed by atoms with Gasteiger partial charge >= 0.3 is 0 Å². The lowest BCUT2D eigenvalue weighted by Crippen LogP contribution is -1.98. The number of hydrogen-bond donors (Lipinski definition) is 1. The number of nitrogens with zero attached hydrogens (tertiary/aromatic N) is 1. The lowest BCUT2D eigenvalue weighted by atomic mass is 9.94. The fourth-order valence-corrected chi connectivity index (χ4v) is 2.35. The molecule has 1 aromatic carbocycles. The minimum Gasteiger partial charge on any atom is -0.346 e. The highest BCUT2D eigenvalue weighted by Crippen LogP contribution is 2.21. The van der Waals surface area contributed by atoms with E-state index >= 15 is 0 Å². The van der Waals surface area contributed by atoms with Crippen LogP contribution in [0.5, 0.6) is 0 Å². The van der Waals surface area contributed by atoms with Crippen molar-refractivity contribution in [2.45, 2.75) is 19.3 Å². The lowest BCUT2D eigenvalue weighted by molar-refractivity contribution is 0.757. The molecule has 2 nitrogen and oxygen atoms in total. The molecule has 3 rings (SSSR count). The van der Waals surface area contributed by atoms with E-state index in [4.69, 9.17) is 0 Å². The summed E-state index contributed by atoms with van der Waals surface area (Å²) in [6.07, 6.45) is 4.93. The highest BCUT2D eigenvalue weighted by Gasteiger charge is 2.07. The van der Waals surface area contributed by atoms with Crippen LogP contribution in [0.4, 0.5) is 0 Å². The Morgan fingerprint density at radius 1 is 1.17 bits per heavy atom. The largest absolute Gasteiger partial charge is 0.346 e. The first kappa shape index (κ1) is 11.0. The number of benzene rings is 1. The van der Waals surface area contributed by atoms with Gasteiger partial charge in [-0.15, -0.1) is 0 Å². The van der Waals surface area contributed by atoms with Gasteiger partial charge in [-0.05, 0) is 35.6 Å². The molecular weight excluding hydrogens is 220 g/mol. The molecule has 0 saturated carbocycles. The van der Waals surface area contributed by atoms with Crippen LogP contribution in [0.25, 0.3) is 11.0 Å². The number of fused-ring (bicyclic) bond motifs is 1. The summed E-state index contributed by atoms with van der Waals surface area (Å²) in [5.41, 5.74) is 3.64. The van der Waals surface area contributed by atoms with E-state index in [0.717, 1.165) is 12.1 Å². The Morgan fingerprint density at radius 3 is 2.83 bits per heavy atom. The van der Waals surface area contributed by atoms with Crippen LogP contribution in [0.15, 0.2) is 54.9 Å². The summed E-state index contributed by atoms with van der Waals surface area (Å²) in [6, 6.07) is 14.9. The van der Waals surface area contributed by atoms with Crippen LogP contribution in [-0.2, 0) is 6.42 Å². The molecule has 90 valence electrons. The van der Waals surface area contributed by atoms with E-state index in [0.29, 0.717) is 5.92 Å². The quantitative estimate of drug-likeness (QED) is 0.733. The number of pyridine rings is 1. The first-order valence-corrected chi connectivity index (χ1v) is 6.30. The smallest absolute Gasteiger partial charge is 0.137 e. The van der Waals surface area contributed by atoms with Crippen LogP contribution in [0.1, 0.15) is 24.0 Å². The van der Waals surface area contributed by atoms with Gasteiger partial charge in [0, 0.05) is 17.8 Å². The van der Waals surface area contributed by atoms with E-state index in [1.165, 1.54) is 16.5 Å². The van der Waals surface area contributed by atoms with Crippen LogP contribution in [-0.4, -0.2) is 9.97 Å². The van der Waals surface area contributed by atoms with Crippen molar-refractivity contribution in [3.63, 3.8) is 0 Å². The second-order valence-corrected chi connectivity index (χ2v) is 4.77. The van der Waals surface area contributed by atoms with Crippen molar-refractivity contribution < 1.29 is 0 Å². The predicted octanol–water partition coefficient (Wildman–Crippen LogP) is 3.91. The molecule has 0 saturated heterocycles. The van der Waals surface area contributed by atoms with Gasteiger partial charge in [-0.25, -0.2) is 4.98 Å². The zero-order valence-corrected chi connectivity index (χ0v) is 10.4. The molecule has 2 heteroatoms. The molecule has 0 aliphatic rings. The average Bonchev–Trinajstić information content (AvgIpc) is 2.87. The maximum absolute atomic E-state index is 4.43. The fraction of sp³-hybridized carbons (Fsp3) is 0.188. The molecule has 0 radical (unpaired) electrons. The van der Waals surface area contributed by atoms with Gasteiger partial charge in [0.2, 0.25) is 0 Å². The second kappa shape index (κ2) is 4.65. The van der Waals surface area contributed by atoms with Gasteiger partial charge in [-0.3, -0.25) is 0 Å². The fourth-order valence-electron chi connectivity index (χ4n) is 2.35. The lowest BCUT2D eigenvalue weighted by Gasteiger charge is -2.11. The molecule has 2 aromatic heterocycles. The van der Waals surface area contributed by atoms with Gasteiger partial charge in [0.25, 0.3) is 0 Å². The summed E-state index contributed by atoms with van der Waals surface area (Å²) in [5.74, 6) is 0.518. The predicted molar refractivity (Wildman–Crippen MR) is 74.7 cm³/mol. The van der Waals surface area contributed by atoms with Gasteiger partial charge in [-0.2, -0.15) is 0 Å². The third kappa shape index (κ3) is 2.14. The minimum atomic E-state index is 0.518. The van der Waals surface area contributed by atoms with Gasteiger partial charge in [0.05, 0.1) is 0 Å². The third-order valence-corrected chi connectivity index (χ3v) is 3.37. The maximum atomic E-state index is 4.43. The number of nitrogens with one attached hydrogen (secondary N) is 1. The Morgan fingerprint density at radius 2 is 2.00 bits per heavy atom. The highest BCUT2D eigenvalue weighted by atomic mass is 14.8. The molecule has 0 spiro atoms. The van der Waals surface area contributed by atoms with Crippen LogP contribution in [0.3, 0.4) is 0 Å². The van der Waals surface area contributed by atoms with Crippen molar-refractivity contribution in [2.75, 3.05) is 0 Å². The van der Waals surface area contributed by atoms with E-state index in [1.54, 1.807) is 0 Å². The Hall–Kier alpha value is -2.09. The first-order chi connectivity index (χ1) is 8.83. The molecule has 0 fully saturated rings. The van der Waals surface area contributed by atoms with Crippen molar-refractivity contribution in [3.05, 3.63) is 66.0 Å². The SMILES string of the molecule is C[C@H](Cc1cnc2[nH]ccc2c1)c1ccccc1. The van der Waals surface area contributed by atoms with Crippen LogP contribution in [0.2, 0.25) is 0 Å². The van der Waals surface area contributed by atoms with Crippen LogP contribution >= 0.6 is 0 Å². The Bertz CT molecular complexity index is 640. The maximum Gasteiger partial charge on any atom is 0.137 e. The summed E-state index contributed by atoms with van der Waals surface area (Å²) in [4.78, 5) is 7.55. The monoisotopic (exact) mass is 236 g/mol. The minimum absolute atomic E-state index is 0.518. The number of H-pyrrole nitrogens is 1. The Labute approximate surface area is 107 Å². The number of aromatic nitrogens is 2. The van der Waals surface area contributed by atoms with Gasteiger partial charge in [0.15, 0.2) is 0 Å². The van der Waals surface area contributed by atoms with Crippen LogP contribution in [0, 0.1) is 0 Å². The topological polar surface area (TPSA) is 28.7 Å². The van der Waals surface area contributed by atoms with Gasteiger partial charge in [0.1, 0.15) is 5.65 Å². The van der Waals surface area contributed by atoms with Gasteiger partial charge < -0.3 is 4.98 Å². The summed E-state index contributed by atoms with van der Waals surface area (Å²) in [7, 11) is 0. The van der Waals surface area contributed by atoms with E-state index < -0.39 is 0 Å². The van der Waals surface area contributed by atoms with Crippen molar-refractivity contribution in [1.82, 2.24) is 9.97 Å². The van der Waals surface area contributed by atoms with E-state index in [9.17, 15) is 0 Å². The molecular formula is C16H16N2. The number of rotatable bonds is 3. The van der Waals surface area contributed by atoms with Crippen LogP contribution < -0.4 is 0 Å². The molecule has 1 N–H and O–H groups in total. The number of aromatic amines is 1. The average molecular weight is 236 g/mol. The summed E-state index contributed by atoms with van der Waals surface area (Å²) < 4.78 is 0. The number of hydrogen-bond acceptors (Lipinski definition) is 1. The van der Waals surface area contributed by atoms with Crippen molar-refractivity contribution >= 4 is 11.0 Å². The molecule has 0 amide bonds. The summed E-state index contributed by atoms with van der Waals surface area (Å²) >= 11 is 0. The molecule has 0 bridgehead atoms. The van der Waals surface area contributed by atoms with E-state index in [2.05, 4.69) is 59.4 Å². The molecule has 0 aliphatic carbocycles. The normalized spacial score (nSPS) is 12.7. The first-order valence-electron chi connectivity index (χ1n) is 6.30. The molecule has 1 atom stereocenters. The molecule has 3 aromatic rings. The highest BCUT2D eigenvalue weighted by molar-refractivity contribution is 5.75. The third-order valence-electron chi connectivity index (χ3n) is 3.37. The summed E-state index contributed by atoms with van der Waals surface area (Å²) in [6.45, 7) is 2.26. The Kier molecular flexibility index (Phi) is 2.85. The summed E-state index contributed by atoms with van der Waals surface area (Å²) in [5, 5.41) is 1.19. The standard InChI is InChI=1S/C16H16N2/c1-12(14-5-3-2-4-6-14)9-13-10-15-7-8-17-16(15)18-11-13/h2-8,10-12H,9H2,1H3,(H,17,18)/t12-/m1/s1. The van der Waals surface area contributed by atoms with E-state index in [1.807, 2.05) is 12.4 Å². The molecule has 18 heavy (non-hydrogen) atoms. The molecule has 0 aliphatic heterocycles. The van der Waals surface area contributed by atoms with Crippen molar-refractivity contribution in [2.24, 2.45) is 0 Å². The molecule has 2 heterocycles. The van der Waals surface area contributed by atoms with E-state index in [-0.39, 0.29) is 0 Å². The Balaban J connectivity index is 1.83. The zero-order chi connectivity index (χ0) is 12.4. The zero-order valence-electron chi connectivity index (χ0n) is 10.4. The van der Waals surface area contributed by atoms with Crippen molar-refractivity contribution in [1.29, 1.82) is 0 Å².